The second-order valence-corrected chi connectivity index (χ2v) is 4.17. The molecule has 1 aromatic carbocycles. The van der Waals surface area contributed by atoms with Gasteiger partial charge in [0.15, 0.2) is 0 Å². The van der Waals surface area contributed by atoms with Crippen molar-refractivity contribution in [1.82, 2.24) is 0 Å². The molecule has 1 rings (SSSR count). The largest absolute Gasteiger partial charge is 0.508 e. The minimum atomic E-state index is 0.120. The summed E-state index contributed by atoms with van der Waals surface area (Å²) < 4.78 is 5.67. The second-order valence-electron chi connectivity index (χ2n) is 4.17. The molecule has 0 heterocycles. The van der Waals surface area contributed by atoms with Crippen molar-refractivity contribution in [3.63, 3.8) is 0 Å². The van der Waals surface area contributed by atoms with E-state index in [1.54, 1.807) is 12.1 Å². The highest BCUT2D eigenvalue weighted by molar-refractivity contribution is 5.44. The zero-order valence-corrected chi connectivity index (χ0v) is 10.1. The molecule has 3 heteroatoms. The minimum absolute atomic E-state index is 0.120. The van der Waals surface area contributed by atoms with Crippen LogP contribution in [0.2, 0.25) is 0 Å². The van der Waals surface area contributed by atoms with Crippen LogP contribution >= 0.6 is 0 Å². The van der Waals surface area contributed by atoms with Crippen molar-refractivity contribution in [2.45, 2.75) is 39.2 Å². The fourth-order valence-corrected chi connectivity index (χ4v) is 1.62. The van der Waals surface area contributed by atoms with Crippen LogP contribution in [0.5, 0.6) is 11.5 Å². The number of unbranched alkanes of at least 4 members (excludes halogenated alkanes) is 1. The molecule has 0 saturated carbocycles. The highest BCUT2D eigenvalue weighted by Gasteiger charge is 2.09. The van der Waals surface area contributed by atoms with Gasteiger partial charge < -0.3 is 15.6 Å². The van der Waals surface area contributed by atoms with E-state index in [-0.39, 0.29) is 6.10 Å². The predicted octanol–water partition coefficient (Wildman–Crippen LogP) is 2.46. The summed E-state index contributed by atoms with van der Waals surface area (Å²) in [7, 11) is 0. The number of aromatic hydroxyl groups is 1. The Morgan fingerprint density at radius 3 is 2.69 bits per heavy atom. The van der Waals surface area contributed by atoms with Gasteiger partial charge in [-0.2, -0.15) is 0 Å². The lowest BCUT2D eigenvalue weighted by Gasteiger charge is -2.15. The summed E-state index contributed by atoms with van der Waals surface area (Å²) in [6.07, 6.45) is 2.87. The molecule has 0 aliphatic carbocycles. The van der Waals surface area contributed by atoms with E-state index in [1.165, 1.54) is 0 Å². The van der Waals surface area contributed by atoms with Crippen LogP contribution in [-0.4, -0.2) is 17.8 Å². The first-order valence-electron chi connectivity index (χ1n) is 5.82. The Kier molecular flexibility index (Phi) is 5.12. The average Bonchev–Trinajstić information content (AvgIpc) is 2.21. The van der Waals surface area contributed by atoms with Crippen molar-refractivity contribution < 1.29 is 9.84 Å². The Morgan fingerprint density at radius 1 is 1.31 bits per heavy atom. The lowest BCUT2D eigenvalue weighted by Crippen LogP contribution is -2.08. The molecule has 0 saturated heterocycles. The number of benzene rings is 1. The number of hydrogen-bond acceptors (Lipinski definition) is 3. The van der Waals surface area contributed by atoms with Crippen LogP contribution < -0.4 is 10.5 Å². The van der Waals surface area contributed by atoms with E-state index >= 15 is 0 Å². The molecule has 90 valence electrons. The van der Waals surface area contributed by atoms with Gasteiger partial charge in [-0.3, -0.25) is 0 Å². The van der Waals surface area contributed by atoms with Crippen LogP contribution in [0.25, 0.3) is 0 Å². The van der Waals surface area contributed by atoms with E-state index in [2.05, 4.69) is 0 Å². The van der Waals surface area contributed by atoms with Gasteiger partial charge in [-0.15, -0.1) is 0 Å². The first-order chi connectivity index (χ1) is 7.65. The smallest absolute Gasteiger partial charge is 0.126 e. The van der Waals surface area contributed by atoms with Crippen molar-refractivity contribution in [2.24, 2.45) is 5.73 Å². The number of phenolic OH excluding ortho intramolecular Hbond substituents is 1. The third kappa shape index (κ3) is 3.74. The van der Waals surface area contributed by atoms with Gasteiger partial charge in [-0.1, -0.05) is 6.07 Å². The molecule has 0 bridgehead atoms. The number of ether oxygens (including phenoxy) is 1. The molecule has 0 radical (unpaired) electrons. The third-order valence-corrected chi connectivity index (χ3v) is 2.35. The molecule has 3 nitrogen and oxygen atoms in total. The van der Waals surface area contributed by atoms with E-state index in [0.29, 0.717) is 12.3 Å². The molecular formula is C13H21NO2. The van der Waals surface area contributed by atoms with E-state index in [4.69, 9.17) is 10.5 Å². The van der Waals surface area contributed by atoms with Crippen LogP contribution in [0.1, 0.15) is 32.3 Å². The Labute approximate surface area is 97.2 Å². The van der Waals surface area contributed by atoms with Gasteiger partial charge in [-0.25, -0.2) is 0 Å². The molecule has 3 N–H and O–H groups in total. The number of rotatable bonds is 6. The third-order valence-electron chi connectivity index (χ3n) is 2.35. The van der Waals surface area contributed by atoms with Gasteiger partial charge in [0, 0.05) is 5.56 Å². The van der Waals surface area contributed by atoms with Gasteiger partial charge in [0.1, 0.15) is 11.5 Å². The minimum Gasteiger partial charge on any atom is -0.508 e. The fourth-order valence-electron chi connectivity index (χ4n) is 1.62. The molecule has 16 heavy (non-hydrogen) atoms. The first-order valence-corrected chi connectivity index (χ1v) is 5.82. The lowest BCUT2D eigenvalue weighted by atomic mass is 10.1. The SMILES string of the molecule is CC(C)Oc1cccc(O)c1CCCCN. The number of nitrogens with two attached hydrogens (primary N) is 1. The molecule has 0 aromatic heterocycles. The molecule has 0 unspecified atom stereocenters. The molecule has 0 aliphatic heterocycles. The maximum Gasteiger partial charge on any atom is 0.126 e. The Balaban J connectivity index is 2.77. The summed E-state index contributed by atoms with van der Waals surface area (Å²) in [5.74, 6) is 1.10. The molecule has 0 atom stereocenters. The molecular weight excluding hydrogens is 202 g/mol. The molecule has 0 spiro atoms. The van der Waals surface area contributed by atoms with E-state index in [1.807, 2.05) is 19.9 Å². The summed E-state index contributed by atoms with van der Waals surface area (Å²) in [4.78, 5) is 0. The van der Waals surface area contributed by atoms with Crippen molar-refractivity contribution in [1.29, 1.82) is 0 Å². The summed E-state index contributed by atoms with van der Waals surface area (Å²) in [6.45, 7) is 4.65. The van der Waals surface area contributed by atoms with Gasteiger partial charge in [0.2, 0.25) is 0 Å². The fraction of sp³-hybridized carbons (Fsp3) is 0.538. The summed E-state index contributed by atoms with van der Waals surface area (Å²) in [5, 5.41) is 9.79. The summed E-state index contributed by atoms with van der Waals surface area (Å²) >= 11 is 0. The highest BCUT2D eigenvalue weighted by Crippen LogP contribution is 2.29. The lowest BCUT2D eigenvalue weighted by molar-refractivity contribution is 0.238. The van der Waals surface area contributed by atoms with Crippen molar-refractivity contribution in [3.05, 3.63) is 23.8 Å². The second kappa shape index (κ2) is 6.38. The van der Waals surface area contributed by atoms with E-state index < -0.39 is 0 Å². The summed E-state index contributed by atoms with van der Waals surface area (Å²) in [5.41, 5.74) is 6.35. The Morgan fingerprint density at radius 2 is 2.06 bits per heavy atom. The number of hydrogen-bond donors (Lipinski definition) is 2. The Hall–Kier alpha value is -1.22. The topological polar surface area (TPSA) is 55.5 Å². The molecule has 0 aliphatic rings. The highest BCUT2D eigenvalue weighted by atomic mass is 16.5. The van der Waals surface area contributed by atoms with Crippen molar-refractivity contribution in [3.8, 4) is 11.5 Å². The van der Waals surface area contributed by atoms with E-state index in [9.17, 15) is 5.11 Å². The normalized spacial score (nSPS) is 10.8. The molecule has 1 aromatic rings. The van der Waals surface area contributed by atoms with Crippen LogP contribution in [0.15, 0.2) is 18.2 Å². The van der Waals surface area contributed by atoms with Crippen LogP contribution in [0.3, 0.4) is 0 Å². The first kappa shape index (κ1) is 12.8. The van der Waals surface area contributed by atoms with Gasteiger partial charge in [0.25, 0.3) is 0 Å². The monoisotopic (exact) mass is 223 g/mol. The zero-order chi connectivity index (χ0) is 12.0. The standard InChI is InChI=1S/C13H21NO2/c1-10(2)16-13-8-5-7-12(15)11(13)6-3-4-9-14/h5,7-8,10,15H,3-4,6,9,14H2,1-2H3. The van der Waals surface area contributed by atoms with Crippen molar-refractivity contribution >= 4 is 0 Å². The van der Waals surface area contributed by atoms with Crippen LogP contribution in [0.4, 0.5) is 0 Å². The van der Waals surface area contributed by atoms with E-state index in [0.717, 1.165) is 30.6 Å². The van der Waals surface area contributed by atoms with Gasteiger partial charge in [0.05, 0.1) is 6.10 Å². The van der Waals surface area contributed by atoms with Crippen LogP contribution in [0, 0.1) is 0 Å². The van der Waals surface area contributed by atoms with Crippen molar-refractivity contribution in [2.75, 3.05) is 6.54 Å². The maximum atomic E-state index is 9.79. The summed E-state index contributed by atoms with van der Waals surface area (Å²) in [6, 6.07) is 5.40. The maximum absolute atomic E-state index is 9.79. The zero-order valence-electron chi connectivity index (χ0n) is 10.1. The molecule has 0 amide bonds. The predicted molar refractivity (Wildman–Crippen MR) is 65.9 cm³/mol. The molecule has 0 fully saturated rings. The van der Waals surface area contributed by atoms with Gasteiger partial charge in [-0.05, 0) is 51.8 Å². The average molecular weight is 223 g/mol. The Bertz CT molecular complexity index is 324. The van der Waals surface area contributed by atoms with Gasteiger partial charge >= 0.3 is 0 Å². The number of phenols is 1. The quantitative estimate of drug-likeness (QED) is 0.728. The van der Waals surface area contributed by atoms with Crippen LogP contribution in [-0.2, 0) is 6.42 Å².